The lowest BCUT2D eigenvalue weighted by Gasteiger charge is -2.10. The van der Waals surface area contributed by atoms with E-state index in [9.17, 15) is 0 Å². The van der Waals surface area contributed by atoms with Crippen LogP contribution in [0, 0.1) is 0 Å². The van der Waals surface area contributed by atoms with Gasteiger partial charge in [-0.1, -0.05) is 51.3 Å². The van der Waals surface area contributed by atoms with E-state index < -0.39 is 3.24 Å². The molecule has 0 nitrogen and oxygen atoms in total. The highest BCUT2D eigenvalue weighted by molar-refractivity contribution is 9.10. The molecule has 0 unspecified atom stereocenters. The van der Waals surface area contributed by atoms with E-state index in [1.807, 2.05) is 24.3 Å². The molecule has 4 heteroatoms. The lowest BCUT2D eigenvalue weighted by Crippen LogP contribution is -1.97. The van der Waals surface area contributed by atoms with Crippen LogP contribution in [0.1, 0.15) is 5.56 Å². The third kappa shape index (κ3) is 2.94. The fourth-order valence-corrected chi connectivity index (χ4v) is 1.42. The molecule has 11 heavy (non-hydrogen) atoms. The first-order valence-electron chi connectivity index (χ1n) is 2.83. The molecule has 0 heterocycles. The second-order valence-corrected chi connectivity index (χ2v) is 6.35. The lowest BCUT2D eigenvalue weighted by atomic mass is 10.2. The van der Waals surface area contributed by atoms with E-state index in [-0.39, 0.29) is 0 Å². The van der Waals surface area contributed by atoms with E-state index >= 15 is 0 Å². The maximum atomic E-state index is 5.78. The summed E-state index contributed by atoms with van der Waals surface area (Å²) in [7, 11) is 0. The first-order chi connectivity index (χ1) is 5.00. The zero-order valence-corrected chi connectivity index (χ0v) is 10.0. The van der Waals surface area contributed by atoms with Gasteiger partial charge in [0.25, 0.3) is 0 Å². The molecule has 0 saturated carbocycles. The average molecular weight is 319 g/mol. The molecule has 0 aliphatic rings. The molecule has 1 rings (SSSR count). The van der Waals surface area contributed by atoms with E-state index in [1.165, 1.54) is 0 Å². The first kappa shape index (κ1) is 9.85. The van der Waals surface area contributed by atoms with Gasteiger partial charge in [0.1, 0.15) is 0 Å². The Morgan fingerprint density at radius 3 is 1.91 bits per heavy atom. The number of halogens is 4. The van der Waals surface area contributed by atoms with E-state index in [2.05, 4.69) is 31.9 Å². The van der Waals surface area contributed by atoms with Gasteiger partial charge >= 0.3 is 0 Å². The van der Waals surface area contributed by atoms with Gasteiger partial charge in [0.2, 0.25) is 0 Å². The smallest absolute Gasteiger partial charge is 0.0834 e. The number of hydrogen-bond donors (Lipinski definition) is 0. The van der Waals surface area contributed by atoms with Crippen molar-refractivity contribution in [2.24, 2.45) is 0 Å². The molecule has 0 radical (unpaired) electrons. The van der Waals surface area contributed by atoms with Crippen LogP contribution in [-0.4, -0.2) is 0 Å². The summed E-state index contributed by atoms with van der Waals surface area (Å²) in [5, 5.41) is 0. The van der Waals surface area contributed by atoms with Crippen molar-refractivity contribution in [3.05, 3.63) is 34.3 Å². The van der Waals surface area contributed by atoms with Crippen LogP contribution < -0.4 is 0 Å². The molecule has 1 aromatic carbocycles. The Morgan fingerprint density at radius 2 is 1.55 bits per heavy atom. The van der Waals surface area contributed by atoms with Crippen molar-refractivity contribution in [3.8, 4) is 0 Å². The Labute approximate surface area is 92.1 Å². The summed E-state index contributed by atoms with van der Waals surface area (Å²) in [5.41, 5.74) is 0.823. The highest BCUT2D eigenvalue weighted by Crippen LogP contribution is 2.40. The molecule has 0 amide bonds. The van der Waals surface area contributed by atoms with Crippen LogP contribution in [0.4, 0.5) is 0 Å². The van der Waals surface area contributed by atoms with Crippen LogP contribution in [0.2, 0.25) is 0 Å². The predicted octanol–water partition coefficient (Wildman–Crippen LogP) is 4.43. The fourth-order valence-electron chi connectivity index (χ4n) is 0.639. The molecule has 0 aliphatic heterocycles. The van der Waals surface area contributed by atoms with Crippen LogP contribution in [0.15, 0.2) is 28.7 Å². The van der Waals surface area contributed by atoms with Crippen molar-refractivity contribution in [2.75, 3.05) is 0 Å². The van der Waals surface area contributed by atoms with Gasteiger partial charge in [-0.3, -0.25) is 0 Å². The Kier molecular flexibility index (Phi) is 3.27. The van der Waals surface area contributed by atoms with Crippen LogP contribution >= 0.6 is 55.1 Å². The third-order valence-corrected chi connectivity index (χ3v) is 2.59. The number of alkyl halides is 3. The molecule has 0 spiro atoms. The minimum absolute atomic E-state index is 0.823. The standard InChI is InChI=1S/C7H4Br2Cl2/c8-6-3-1-5(2-4-6)7(9,10)11/h1-4H. The second kappa shape index (κ2) is 3.65. The van der Waals surface area contributed by atoms with E-state index in [0.29, 0.717) is 0 Å². The summed E-state index contributed by atoms with van der Waals surface area (Å²) in [5.74, 6) is 0. The maximum Gasteiger partial charge on any atom is 0.197 e. The Hall–Kier alpha value is 0.760. The van der Waals surface area contributed by atoms with Crippen LogP contribution in [-0.2, 0) is 3.24 Å². The minimum Gasteiger partial charge on any atom is -0.0834 e. The number of benzene rings is 1. The highest BCUT2D eigenvalue weighted by Gasteiger charge is 2.21. The van der Waals surface area contributed by atoms with E-state index in [1.54, 1.807) is 0 Å². The second-order valence-electron chi connectivity index (χ2n) is 2.00. The average Bonchev–Trinajstić information content (AvgIpc) is 1.86. The largest absolute Gasteiger partial charge is 0.197 e. The van der Waals surface area contributed by atoms with Gasteiger partial charge in [0.05, 0.1) is 0 Å². The lowest BCUT2D eigenvalue weighted by molar-refractivity contribution is 1.28. The molecular weight excluding hydrogens is 315 g/mol. The monoisotopic (exact) mass is 316 g/mol. The van der Waals surface area contributed by atoms with Gasteiger partial charge < -0.3 is 0 Å². The van der Waals surface area contributed by atoms with E-state index in [0.717, 1.165) is 10.0 Å². The van der Waals surface area contributed by atoms with Crippen LogP contribution in [0.3, 0.4) is 0 Å². The summed E-state index contributed by atoms with van der Waals surface area (Å²) in [6.45, 7) is 0. The Bertz CT molecular complexity index is 238. The molecule has 0 aliphatic carbocycles. The quantitative estimate of drug-likeness (QED) is 0.672. The Morgan fingerprint density at radius 1 is 1.09 bits per heavy atom. The van der Waals surface area contributed by atoms with Gasteiger partial charge in [-0.05, 0) is 33.6 Å². The van der Waals surface area contributed by atoms with E-state index in [4.69, 9.17) is 23.2 Å². The van der Waals surface area contributed by atoms with Gasteiger partial charge in [0.15, 0.2) is 3.24 Å². The number of rotatable bonds is 1. The minimum atomic E-state index is -0.978. The summed E-state index contributed by atoms with van der Waals surface area (Å²) in [4.78, 5) is 0. The summed E-state index contributed by atoms with van der Waals surface area (Å²) < 4.78 is 0.0274. The van der Waals surface area contributed by atoms with Gasteiger partial charge in [-0.25, -0.2) is 0 Å². The van der Waals surface area contributed by atoms with Crippen molar-refractivity contribution in [1.82, 2.24) is 0 Å². The van der Waals surface area contributed by atoms with Gasteiger partial charge in [0, 0.05) is 4.47 Å². The summed E-state index contributed by atoms with van der Waals surface area (Å²) in [6.07, 6.45) is 0. The molecule has 0 aromatic heterocycles. The molecule has 60 valence electrons. The van der Waals surface area contributed by atoms with Crippen LogP contribution in [0.25, 0.3) is 0 Å². The molecular formula is C7H4Br2Cl2. The maximum absolute atomic E-state index is 5.78. The number of hydrogen-bond acceptors (Lipinski definition) is 0. The zero-order chi connectivity index (χ0) is 8.48. The molecule has 0 fully saturated rings. The molecule has 0 N–H and O–H groups in total. The van der Waals surface area contributed by atoms with Crippen molar-refractivity contribution in [2.45, 2.75) is 3.24 Å². The van der Waals surface area contributed by atoms with Gasteiger partial charge in [-0.2, -0.15) is 0 Å². The molecule has 0 bridgehead atoms. The SMILES string of the molecule is ClC(Cl)(Br)c1ccc(Br)cc1. The predicted molar refractivity (Wildman–Crippen MR) is 56.5 cm³/mol. The third-order valence-electron chi connectivity index (χ3n) is 1.17. The normalized spacial score (nSPS) is 11.6. The topological polar surface area (TPSA) is 0 Å². The molecule has 0 saturated heterocycles. The van der Waals surface area contributed by atoms with Crippen molar-refractivity contribution in [1.29, 1.82) is 0 Å². The molecule has 0 atom stereocenters. The van der Waals surface area contributed by atoms with Gasteiger partial charge in [-0.15, -0.1) is 0 Å². The first-order valence-corrected chi connectivity index (χ1v) is 5.17. The van der Waals surface area contributed by atoms with Crippen LogP contribution in [0.5, 0.6) is 0 Å². The van der Waals surface area contributed by atoms with Crippen molar-refractivity contribution in [3.63, 3.8) is 0 Å². The zero-order valence-electron chi connectivity index (χ0n) is 5.32. The highest BCUT2D eigenvalue weighted by atomic mass is 79.9. The summed E-state index contributed by atoms with van der Waals surface area (Å²) >= 11 is 18.0. The molecule has 1 aromatic rings. The van der Waals surface area contributed by atoms with Crippen molar-refractivity contribution >= 4 is 55.1 Å². The summed E-state index contributed by atoms with van der Waals surface area (Å²) in [6, 6.07) is 7.46. The fraction of sp³-hybridized carbons (Fsp3) is 0.143. The Balaban J connectivity index is 2.99. The van der Waals surface area contributed by atoms with Crippen molar-refractivity contribution < 1.29 is 0 Å².